The summed E-state index contributed by atoms with van der Waals surface area (Å²) in [6.45, 7) is 8.93. The van der Waals surface area contributed by atoms with Gasteiger partial charge in [-0.15, -0.1) is 0 Å². The van der Waals surface area contributed by atoms with Crippen molar-refractivity contribution in [2.45, 2.75) is 40.2 Å². The molecule has 0 bridgehead atoms. The van der Waals surface area contributed by atoms with Gasteiger partial charge in [0.25, 0.3) is 0 Å². The Morgan fingerprint density at radius 3 is 2.69 bits per heavy atom. The van der Waals surface area contributed by atoms with Gasteiger partial charge in [-0.2, -0.15) is 0 Å². The first-order valence-electron chi connectivity index (χ1n) is 11.0. The van der Waals surface area contributed by atoms with Gasteiger partial charge >= 0.3 is 5.97 Å². The molecule has 0 saturated carbocycles. The molecule has 1 fully saturated rings. The molecule has 4 rings (SSSR count). The second kappa shape index (κ2) is 9.79. The molecule has 1 saturated heterocycles. The van der Waals surface area contributed by atoms with Gasteiger partial charge in [0, 0.05) is 6.54 Å². The number of imidazole rings is 1. The number of benzene rings is 1. The summed E-state index contributed by atoms with van der Waals surface area (Å²) in [6.07, 6.45) is 2.09. The van der Waals surface area contributed by atoms with Crippen molar-refractivity contribution < 1.29 is 14.3 Å². The molecule has 3 aromatic rings. The van der Waals surface area contributed by atoms with Gasteiger partial charge < -0.3 is 14.6 Å². The molecule has 2 aromatic heterocycles. The number of likely N-dealkylation sites (tertiary alicyclic amines) is 1. The van der Waals surface area contributed by atoms with E-state index in [1.165, 1.54) is 5.52 Å². The SMILES string of the molecule is CCOC(=O)c1sc(NC(=O)CN2CCC(Cn3c(C)nc4ccccc43)CC2)nc1C. The van der Waals surface area contributed by atoms with Crippen LogP contribution in [0.15, 0.2) is 24.3 Å². The first-order chi connectivity index (χ1) is 15.4. The first kappa shape index (κ1) is 22.4. The summed E-state index contributed by atoms with van der Waals surface area (Å²) in [5, 5.41) is 3.27. The number of rotatable bonds is 7. The Labute approximate surface area is 191 Å². The van der Waals surface area contributed by atoms with Gasteiger partial charge in [0.2, 0.25) is 5.91 Å². The van der Waals surface area contributed by atoms with Crippen molar-refractivity contribution in [3.05, 3.63) is 40.7 Å². The zero-order valence-corrected chi connectivity index (χ0v) is 19.6. The number of amides is 1. The van der Waals surface area contributed by atoms with E-state index in [-0.39, 0.29) is 5.91 Å². The van der Waals surface area contributed by atoms with Crippen LogP contribution in [0.4, 0.5) is 5.13 Å². The van der Waals surface area contributed by atoms with E-state index in [1.807, 2.05) is 6.07 Å². The molecule has 0 aliphatic carbocycles. The highest BCUT2D eigenvalue weighted by molar-refractivity contribution is 7.17. The number of hydrogen-bond donors (Lipinski definition) is 1. The number of aryl methyl sites for hydroxylation is 2. The van der Waals surface area contributed by atoms with E-state index >= 15 is 0 Å². The summed E-state index contributed by atoms with van der Waals surface area (Å²) >= 11 is 1.16. The molecule has 1 aromatic carbocycles. The van der Waals surface area contributed by atoms with Crippen LogP contribution in [0.1, 0.15) is 41.0 Å². The van der Waals surface area contributed by atoms with E-state index in [4.69, 9.17) is 4.74 Å². The van der Waals surface area contributed by atoms with Gasteiger partial charge in [0.15, 0.2) is 5.13 Å². The summed E-state index contributed by atoms with van der Waals surface area (Å²) < 4.78 is 7.35. The van der Waals surface area contributed by atoms with E-state index in [0.717, 1.165) is 55.2 Å². The topological polar surface area (TPSA) is 89.4 Å². The van der Waals surface area contributed by atoms with Gasteiger partial charge in [0.05, 0.1) is 29.9 Å². The van der Waals surface area contributed by atoms with E-state index in [9.17, 15) is 9.59 Å². The second-order valence-electron chi connectivity index (χ2n) is 8.18. The van der Waals surface area contributed by atoms with Crippen LogP contribution in [0.2, 0.25) is 0 Å². The van der Waals surface area contributed by atoms with Crippen LogP contribution < -0.4 is 5.32 Å². The van der Waals surface area contributed by atoms with Crippen molar-refractivity contribution >= 4 is 39.4 Å². The largest absolute Gasteiger partial charge is 0.462 e. The lowest BCUT2D eigenvalue weighted by Gasteiger charge is -2.31. The molecule has 3 heterocycles. The van der Waals surface area contributed by atoms with Crippen molar-refractivity contribution in [3.8, 4) is 0 Å². The molecule has 0 radical (unpaired) electrons. The third kappa shape index (κ3) is 4.99. The van der Waals surface area contributed by atoms with Crippen LogP contribution in [-0.4, -0.2) is 57.6 Å². The van der Waals surface area contributed by atoms with Crippen LogP contribution >= 0.6 is 11.3 Å². The molecular formula is C23H29N5O3S. The molecule has 1 N–H and O–H groups in total. The predicted molar refractivity (Wildman–Crippen MR) is 125 cm³/mol. The molecule has 1 aliphatic heterocycles. The Morgan fingerprint density at radius 1 is 1.19 bits per heavy atom. The molecule has 1 amide bonds. The number of nitrogens with one attached hydrogen (secondary N) is 1. The Morgan fingerprint density at radius 2 is 1.94 bits per heavy atom. The number of carbonyl (C=O) groups is 2. The molecule has 8 nitrogen and oxygen atoms in total. The lowest BCUT2D eigenvalue weighted by Crippen LogP contribution is -2.40. The van der Waals surface area contributed by atoms with Crippen molar-refractivity contribution in [1.29, 1.82) is 0 Å². The second-order valence-corrected chi connectivity index (χ2v) is 9.18. The molecule has 9 heteroatoms. The summed E-state index contributed by atoms with van der Waals surface area (Å²) in [5.74, 6) is 1.11. The minimum absolute atomic E-state index is 0.107. The number of piperidine rings is 1. The maximum absolute atomic E-state index is 12.5. The zero-order chi connectivity index (χ0) is 22.7. The quantitative estimate of drug-likeness (QED) is 0.547. The van der Waals surface area contributed by atoms with Crippen molar-refractivity contribution in [3.63, 3.8) is 0 Å². The van der Waals surface area contributed by atoms with Crippen LogP contribution in [0.25, 0.3) is 11.0 Å². The number of carbonyl (C=O) groups excluding carboxylic acids is 2. The number of esters is 1. The smallest absolute Gasteiger partial charge is 0.350 e. The number of fused-ring (bicyclic) bond motifs is 1. The van der Waals surface area contributed by atoms with Crippen molar-refractivity contribution in [2.75, 3.05) is 31.6 Å². The predicted octanol–water partition coefficient (Wildman–Crippen LogP) is 3.64. The molecule has 0 spiro atoms. The number of hydrogen-bond acceptors (Lipinski definition) is 7. The zero-order valence-electron chi connectivity index (χ0n) is 18.8. The van der Waals surface area contributed by atoms with E-state index in [1.54, 1.807) is 13.8 Å². The van der Waals surface area contributed by atoms with Gasteiger partial charge in [-0.05, 0) is 64.8 Å². The van der Waals surface area contributed by atoms with Gasteiger partial charge in [-0.1, -0.05) is 23.5 Å². The Bertz CT molecular complexity index is 1110. The van der Waals surface area contributed by atoms with E-state index < -0.39 is 5.97 Å². The highest BCUT2D eigenvalue weighted by Crippen LogP contribution is 2.25. The minimum atomic E-state index is -0.397. The van der Waals surface area contributed by atoms with Crippen molar-refractivity contribution in [2.24, 2.45) is 5.92 Å². The Balaban J connectivity index is 1.28. The summed E-state index contributed by atoms with van der Waals surface area (Å²) in [5.41, 5.74) is 2.81. The average Bonchev–Trinajstić information content (AvgIpc) is 3.28. The first-order valence-corrected chi connectivity index (χ1v) is 11.8. The highest BCUT2D eigenvalue weighted by atomic mass is 32.1. The average molecular weight is 456 g/mol. The number of anilines is 1. The highest BCUT2D eigenvalue weighted by Gasteiger charge is 2.23. The van der Waals surface area contributed by atoms with Gasteiger partial charge in [0.1, 0.15) is 10.7 Å². The summed E-state index contributed by atoms with van der Waals surface area (Å²) in [4.78, 5) is 36.0. The molecule has 170 valence electrons. The molecule has 1 aliphatic rings. The minimum Gasteiger partial charge on any atom is -0.462 e. The number of ether oxygens (including phenoxy) is 1. The third-order valence-electron chi connectivity index (χ3n) is 5.86. The Hall–Kier alpha value is -2.78. The van der Waals surface area contributed by atoms with E-state index in [0.29, 0.717) is 34.8 Å². The molecule has 32 heavy (non-hydrogen) atoms. The number of para-hydroxylation sites is 2. The summed E-state index contributed by atoms with van der Waals surface area (Å²) in [7, 11) is 0. The monoisotopic (exact) mass is 455 g/mol. The van der Waals surface area contributed by atoms with E-state index in [2.05, 4.69) is 49.9 Å². The molecular weight excluding hydrogens is 426 g/mol. The maximum atomic E-state index is 12.5. The van der Waals surface area contributed by atoms with Crippen LogP contribution in [0.3, 0.4) is 0 Å². The number of aromatic nitrogens is 3. The number of nitrogens with zero attached hydrogens (tertiary/aromatic N) is 4. The van der Waals surface area contributed by atoms with Crippen molar-refractivity contribution in [1.82, 2.24) is 19.4 Å². The fourth-order valence-corrected chi connectivity index (χ4v) is 5.09. The Kier molecular flexibility index (Phi) is 6.86. The normalized spacial score (nSPS) is 15.2. The van der Waals surface area contributed by atoms with Crippen LogP contribution in [-0.2, 0) is 16.1 Å². The van der Waals surface area contributed by atoms with Crippen LogP contribution in [0, 0.1) is 19.8 Å². The molecule has 0 atom stereocenters. The standard InChI is InChI=1S/C23H29N5O3S/c1-4-31-22(30)21-15(2)24-23(32-21)26-20(29)14-27-11-9-17(10-12-27)13-28-16(3)25-18-7-5-6-8-19(18)28/h5-8,17H,4,9-14H2,1-3H3,(H,24,26,29). The lowest BCUT2D eigenvalue weighted by molar-refractivity contribution is -0.117. The maximum Gasteiger partial charge on any atom is 0.350 e. The van der Waals surface area contributed by atoms with Crippen LogP contribution in [0.5, 0.6) is 0 Å². The van der Waals surface area contributed by atoms with Gasteiger partial charge in [-0.25, -0.2) is 14.8 Å². The molecule has 0 unspecified atom stereocenters. The summed E-state index contributed by atoms with van der Waals surface area (Å²) in [6, 6.07) is 8.26. The van der Waals surface area contributed by atoms with Gasteiger partial charge in [-0.3, -0.25) is 9.69 Å². The third-order valence-corrected chi connectivity index (χ3v) is 6.92. The fourth-order valence-electron chi connectivity index (χ4n) is 4.21. The fraction of sp³-hybridized carbons (Fsp3) is 0.478. The lowest BCUT2D eigenvalue weighted by atomic mass is 9.96. The number of thiazole rings is 1.